The maximum atomic E-state index is 12.4. The molecule has 2 atom stereocenters. The van der Waals surface area contributed by atoms with E-state index in [4.69, 9.17) is 14.2 Å². The molecule has 1 amide bonds. The fourth-order valence-electron chi connectivity index (χ4n) is 3.89. The van der Waals surface area contributed by atoms with Crippen molar-refractivity contribution in [2.75, 3.05) is 30.3 Å². The van der Waals surface area contributed by atoms with E-state index in [1.165, 1.54) is 10.4 Å². The lowest BCUT2D eigenvalue weighted by molar-refractivity contribution is -0.124. The normalized spacial score (nSPS) is 19.2. The number of hydrogen-bond acceptors (Lipinski definition) is 7. The predicted molar refractivity (Wildman–Crippen MR) is 117 cm³/mol. The average Bonchev–Trinajstić information content (AvgIpc) is 3.11. The Morgan fingerprint density at radius 3 is 2.69 bits per heavy atom. The van der Waals surface area contributed by atoms with E-state index in [2.05, 4.69) is 5.32 Å². The molecule has 0 fully saturated rings. The van der Waals surface area contributed by atoms with Gasteiger partial charge in [0.2, 0.25) is 10.0 Å². The summed E-state index contributed by atoms with van der Waals surface area (Å²) >= 11 is 0. The van der Waals surface area contributed by atoms with Crippen LogP contribution in [0, 0.1) is 0 Å². The molecule has 2 aliphatic rings. The number of ether oxygens (including phenoxy) is 3. The molecular formula is C22H24N2O7S. The second-order valence-corrected chi connectivity index (χ2v) is 9.69. The minimum Gasteiger partial charge on any atom is -0.486 e. The Balaban J connectivity index is 1.28. The average molecular weight is 461 g/mol. The molecule has 2 aromatic carbocycles. The Labute approximate surface area is 186 Å². The number of para-hydroxylation sites is 2. The summed E-state index contributed by atoms with van der Waals surface area (Å²) in [4.78, 5) is 24.5. The van der Waals surface area contributed by atoms with Crippen LogP contribution in [-0.2, 0) is 26.0 Å². The Kier molecular flexibility index (Phi) is 5.96. The lowest BCUT2D eigenvalue weighted by Gasteiger charge is -2.26. The van der Waals surface area contributed by atoms with Crippen LogP contribution in [-0.4, -0.2) is 58.5 Å². The second-order valence-electron chi connectivity index (χ2n) is 7.83. The van der Waals surface area contributed by atoms with Crippen molar-refractivity contribution in [3.8, 4) is 11.5 Å². The van der Waals surface area contributed by atoms with E-state index >= 15 is 0 Å². The van der Waals surface area contributed by atoms with Crippen LogP contribution >= 0.6 is 0 Å². The summed E-state index contributed by atoms with van der Waals surface area (Å²) in [5, 5.41) is 2.67. The number of amides is 1. The van der Waals surface area contributed by atoms with E-state index in [0.29, 0.717) is 30.2 Å². The van der Waals surface area contributed by atoms with E-state index in [0.717, 1.165) is 11.8 Å². The minimum absolute atomic E-state index is 0.211. The molecule has 1 N–H and O–H groups in total. The summed E-state index contributed by atoms with van der Waals surface area (Å²) < 4.78 is 41.8. The van der Waals surface area contributed by atoms with Crippen molar-refractivity contribution in [3.63, 3.8) is 0 Å². The largest absolute Gasteiger partial charge is 0.486 e. The molecule has 170 valence electrons. The van der Waals surface area contributed by atoms with Gasteiger partial charge in [0.15, 0.2) is 18.1 Å². The molecule has 0 bridgehead atoms. The van der Waals surface area contributed by atoms with E-state index in [9.17, 15) is 18.0 Å². The zero-order valence-electron chi connectivity index (χ0n) is 17.7. The van der Waals surface area contributed by atoms with Gasteiger partial charge in [0.1, 0.15) is 12.7 Å². The molecule has 0 saturated carbocycles. The fraction of sp³-hybridized carbons (Fsp3) is 0.364. The van der Waals surface area contributed by atoms with E-state index in [1.807, 2.05) is 25.1 Å². The molecule has 2 unspecified atom stereocenters. The number of benzene rings is 2. The van der Waals surface area contributed by atoms with Crippen LogP contribution in [0.5, 0.6) is 11.5 Å². The van der Waals surface area contributed by atoms with Crippen LogP contribution in [0.3, 0.4) is 0 Å². The van der Waals surface area contributed by atoms with Gasteiger partial charge >= 0.3 is 5.97 Å². The summed E-state index contributed by atoms with van der Waals surface area (Å²) in [6, 6.07) is 11.8. The molecule has 0 spiro atoms. The number of rotatable bonds is 6. The smallest absolute Gasteiger partial charge is 0.338 e. The zero-order chi connectivity index (χ0) is 22.9. The van der Waals surface area contributed by atoms with Crippen molar-refractivity contribution in [2.24, 2.45) is 0 Å². The van der Waals surface area contributed by atoms with Crippen LogP contribution in [0.1, 0.15) is 22.8 Å². The summed E-state index contributed by atoms with van der Waals surface area (Å²) in [7, 11) is -3.41. The number of nitrogens with zero attached hydrogens (tertiary/aromatic N) is 1. The number of hydrogen-bond donors (Lipinski definition) is 1. The molecule has 9 nitrogen and oxygen atoms in total. The van der Waals surface area contributed by atoms with Gasteiger partial charge in [0.05, 0.1) is 24.1 Å². The van der Waals surface area contributed by atoms with Gasteiger partial charge < -0.3 is 19.5 Å². The molecular weight excluding hydrogens is 436 g/mol. The number of sulfonamides is 1. The highest BCUT2D eigenvalue weighted by molar-refractivity contribution is 7.92. The molecule has 2 aromatic rings. The van der Waals surface area contributed by atoms with Gasteiger partial charge in [-0.3, -0.25) is 9.10 Å². The van der Waals surface area contributed by atoms with Gasteiger partial charge in [-0.15, -0.1) is 0 Å². The van der Waals surface area contributed by atoms with Crippen molar-refractivity contribution in [3.05, 3.63) is 53.6 Å². The first-order valence-electron chi connectivity index (χ1n) is 10.2. The Hall–Kier alpha value is -3.27. The number of nitrogens with one attached hydrogen (secondary N) is 1. The van der Waals surface area contributed by atoms with Crippen LogP contribution in [0.15, 0.2) is 42.5 Å². The summed E-state index contributed by atoms with van der Waals surface area (Å²) in [5.41, 5.74) is 1.57. The summed E-state index contributed by atoms with van der Waals surface area (Å²) in [6.45, 7) is 1.88. The highest BCUT2D eigenvalue weighted by atomic mass is 32.2. The van der Waals surface area contributed by atoms with Crippen molar-refractivity contribution in [2.45, 2.75) is 25.5 Å². The van der Waals surface area contributed by atoms with Crippen molar-refractivity contribution in [1.29, 1.82) is 0 Å². The topological polar surface area (TPSA) is 111 Å². The summed E-state index contributed by atoms with van der Waals surface area (Å²) in [5.74, 6) is 0.163. The number of esters is 1. The Bertz CT molecular complexity index is 1150. The maximum absolute atomic E-state index is 12.4. The minimum atomic E-state index is -3.41. The zero-order valence-corrected chi connectivity index (χ0v) is 18.6. The number of carbonyl (C=O) groups is 2. The van der Waals surface area contributed by atoms with Crippen molar-refractivity contribution >= 4 is 27.6 Å². The second kappa shape index (κ2) is 8.70. The maximum Gasteiger partial charge on any atom is 0.338 e. The van der Waals surface area contributed by atoms with Gasteiger partial charge in [-0.25, -0.2) is 13.2 Å². The molecule has 0 aromatic heterocycles. The monoisotopic (exact) mass is 460 g/mol. The number of carbonyl (C=O) groups excluding carboxylic acids is 2. The summed E-state index contributed by atoms with van der Waals surface area (Å²) in [6.07, 6.45) is 1.31. The van der Waals surface area contributed by atoms with Crippen LogP contribution in [0.25, 0.3) is 0 Å². The first-order valence-corrected chi connectivity index (χ1v) is 12.0. The lowest BCUT2D eigenvalue weighted by Crippen LogP contribution is -2.42. The SMILES string of the molecule is CC1Cc2cc(C(=O)OCC(=O)NCC3COc4ccccc4O3)ccc2N1S(C)(=O)=O. The van der Waals surface area contributed by atoms with Gasteiger partial charge in [-0.2, -0.15) is 0 Å². The molecule has 32 heavy (non-hydrogen) atoms. The van der Waals surface area contributed by atoms with Crippen LogP contribution in [0.2, 0.25) is 0 Å². The first kappa shape index (κ1) is 21.9. The molecule has 10 heteroatoms. The fourth-order valence-corrected chi connectivity index (χ4v) is 5.16. The van der Waals surface area contributed by atoms with Gasteiger partial charge in [-0.1, -0.05) is 12.1 Å². The Morgan fingerprint density at radius 2 is 1.94 bits per heavy atom. The molecule has 2 aliphatic heterocycles. The van der Waals surface area contributed by atoms with E-state index in [1.54, 1.807) is 18.2 Å². The number of anilines is 1. The van der Waals surface area contributed by atoms with Gasteiger partial charge in [-0.05, 0) is 49.2 Å². The standard InChI is InChI=1S/C22H24N2O7S/c1-14-9-16-10-15(7-8-18(16)24(14)32(2,27)28)22(26)30-13-21(25)23-11-17-12-29-19-5-3-4-6-20(19)31-17/h3-8,10,14,17H,9,11-13H2,1-2H3,(H,23,25). The van der Waals surface area contributed by atoms with E-state index in [-0.39, 0.29) is 24.3 Å². The highest BCUT2D eigenvalue weighted by Gasteiger charge is 2.33. The molecule has 0 radical (unpaired) electrons. The van der Waals surface area contributed by atoms with Gasteiger partial charge in [0, 0.05) is 6.04 Å². The molecule has 0 saturated heterocycles. The third kappa shape index (κ3) is 4.64. The van der Waals surface area contributed by atoms with E-state index < -0.39 is 28.5 Å². The van der Waals surface area contributed by atoms with Crippen molar-refractivity contribution in [1.82, 2.24) is 5.32 Å². The molecule has 2 heterocycles. The van der Waals surface area contributed by atoms with Gasteiger partial charge in [0.25, 0.3) is 5.91 Å². The highest BCUT2D eigenvalue weighted by Crippen LogP contribution is 2.35. The third-order valence-electron chi connectivity index (χ3n) is 5.25. The third-order valence-corrected chi connectivity index (χ3v) is 6.53. The number of fused-ring (bicyclic) bond motifs is 2. The predicted octanol–water partition coefficient (Wildman–Crippen LogP) is 1.51. The first-order chi connectivity index (χ1) is 15.2. The molecule has 4 rings (SSSR count). The van der Waals surface area contributed by atoms with Crippen LogP contribution < -0.4 is 19.1 Å². The molecule has 0 aliphatic carbocycles. The van der Waals surface area contributed by atoms with Crippen LogP contribution in [0.4, 0.5) is 5.69 Å². The Morgan fingerprint density at radius 1 is 1.19 bits per heavy atom. The van der Waals surface area contributed by atoms with Crippen molar-refractivity contribution < 1.29 is 32.2 Å². The quantitative estimate of drug-likeness (QED) is 0.651. The lowest BCUT2D eigenvalue weighted by atomic mass is 10.1.